The number of nitrogens with one attached hydrogen (secondary N) is 1. The largest absolute Gasteiger partial charge is 0.315 e. The smallest absolute Gasteiger partial charge is 0.243 e. The topological polar surface area (TPSA) is 78.1 Å². The number of hydrogen-bond acceptors (Lipinski definition) is 6. The molecule has 0 fully saturated rings. The van der Waals surface area contributed by atoms with Gasteiger partial charge in [0, 0.05) is 27.7 Å². The summed E-state index contributed by atoms with van der Waals surface area (Å²) in [6.07, 6.45) is 6.22. The number of thiophene rings is 1. The van der Waals surface area contributed by atoms with E-state index in [1.165, 1.54) is 16.6 Å². The zero-order valence-corrected chi connectivity index (χ0v) is 23.1. The molecular formula is C30H25ClN4OS2. The monoisotopic (exact) mass is 556 g/mol. The van der Waals surface area contributed by atoms with Crippen molar-refractivity contribution in [3.05, 3.63) is 105 Å². The van der Waals surface area contributed by atoms with Gasteiger partial charge in [0.25, 0.3) is 0 Å². The second-order valence-corrected chi connectivity index (χ2v) is 11.8. The van der Waals surface area contributed by atoms with Gasteiger partial charge >= 0.3 is 0 Å². The normalized spacial score (nSPS) is 15.6. The molecule has 8 heteroatoms. The fourth-order valence-electron chi connectivity index (χ4n) is 4.46. The Morgan fingerprint density at radius 1 is 1.21 bits per heavy atom. The van der Waals surface area contributed by atoms with E-state index in [1.807, 2.05) is 66.7 Å². The SMILES string of the molecule is C[C@H]1CCc2c(sc(NC(=O)[C@H](Sc3ccccc3N=Cc3cccnc3Cl)c3ccccc3)c2C#N)C1. The van der Waals surface area contributed by atoms with Gasteiger partial charge < -0.3 is 5.32 Å². The molecule has 0 bridgehead atoms. The number of halogens is 1. The number of para-hydroxylation sites is 1. The average molecular weight is 557 g/mol. The number of thioether (sulfide) groups is 1. The summed E-state index contributed by atoms with van der Waals surface area (Å²) >= 11 is 9.17. The first-order valence-corrected chi connectivity index (χ1v) is 14.4. The zero-order valence-electron chi connectivity index (χ0n) is 20.7. The van der Waals surface area contributed by atoms with Crippen molar-refractivity contribution in [2.75, 3.05) is 5.32 Å². The number of aromatic nitrogens is 1. The van der Waals surface area contributed by atoms with Gasteiger partial charge in [0.15, 0.2) is 0 Å². The maximum atomic E-state index is 13.8. The van der Waals surface area contributed by atoms with Gasteiger partial charge in [-0.2, -0.15) is 5.26 Å². The minimum atomic E-state index is -0.542. The maximum absolute atomic E-state index is 13.8. The van der Waals surface area contributed by atoms with Crippen molar-refractivity contribution in [3.63, 3.8) is 0 Å². The fraction of sp³-hybridized carbons (Fsp3) is 0.200. The number of aliphatic imine (C=N–C) groups is 1. The van der Waals surface area contributed by atoms with E-state index >= 15 is 0 Å². The molecule has 2 heterocycles. The van der Waals surface area contributed by atoms with Crippen LogP contribution in [0, 0.1) is 17.2 Å². The van der Waals surface area contributed by atoms with Crippen LogP contribution in [0.5, 0.6) is 0 Å². The molecule has 1 aliphatic carbocycles. The first-order valence-electron chi connectivity index (χ1n) is 12.3. The molecule has 2 atom stereocenters. The van der Waals surface area contributed by atoms with Crippen molar-refractivity contribution >= 4 is 57.5 Å². The van der Waals surface area contributed by atoms with Crippen molar-refractivity contribution in [3.8, 4) is 6.07 Å². The van der Waals surface area contributed by atoms with Crippen LogP contribution >= 0.6 is 34.7 Å². The maximum Gasteiger partial charge on any atom is 0.243 e. The van der Waals surface area contributed by atoms with Crippen LogP contribution in [0.15, 0.2) is 82.8 Å². The Labute approximate surface area is 235 Å². The number of amides is 1. The van der Waals surface area contributed by atoms with E-state index in [0.29, 0.717) is 27.2 Å². The van der Waals surface area contributed by atoms with Crippen LogP contribution in [0.2, 0.25) is 5.15 Å². The van der Waals surface area contributed by atoms with Gasteiger partial charge in [0.2, 0.25) is 5.91 Å². The summed E-state index contributed by atoms with van der Waals surface area (Å²) in [5, 5.41) is 13.5. The molecule has 2 aromatic heterocycles. The van der Waals surface area contributed by atoms with Crippen LogP contribution in [0.25, 0.3) is 0 Å². The van der Waals surface area contributed by atoms with Crippen molar-refractivity contribution in [1.82, 2.24) is 4.98 Å². The molecule has 5 nitrogen and oxygen atoms in total. The molecule has 2 aromatic carbocycles. The molecule has 0 spiro atoms. The lowest BCUT2D eigenvalue weighted by Gasteiger charge is -2.18. The molecule has 38 heavy (non-hydrogen) atoms. The summed E-state index contributed by atoms with van der Waals surface area (Å²) < 4.78 is 0. The summed E-state index contributed by atoms with van der Waals surface area (Å²) in [4.78, 5) is 24.6. The number of hydrogen-bond donors (Lipinski definition) is 1. The van der Waals surface area contributed by atoms with Gasteiger partial charge in [0.1, 0.15) is 21.5 Å². The van der Waals surface area contributed by atoms with Crippen molar-refractivity contribution in [1.29, 1.82) is 5.26 Å². The predicted octanol–water partition coefficient (Wildman–Crippen LogP) is 8.02. The molecule has 0 radical (unpaired) electrons. The van der Waals surface area contributed by atoms with Gasteiger partial charge in [-0.15, -0.1) is 23.1 Å². The van der Waals surface area contributed by atoms with Gasteiger partial charge in [-0.25, -0.2) is 4.98 Å². The van der Waals surface area contributed by atoms with Gasteiger partial charge in [-0.1, -0.05) is 61.0 Å². The molecular weight excluding hydrogens is 532 g/mol. The highest BCUT2D eigenvalue weighted by atomic mass is 35.5. The second-order valence-electron chi connectivity index (χ2n) is 9.17. The predicted molar refractivity (Wildman–Crippen MR) is 157 cm³/mol. The zero-order chi connectivity index (χ0) is 26.5. The van der Waals surface area contributed by atoms with E-state index in [2.05, 4.69) is 28.3 Å². The lowest BCUT2D eigenvalue weighted by Crippen LogP contribution is -2.19. The summed E-state index contributed by atoms with van der Waals surface area (Å²) in [6.45, 7) is 2.23. The minimum absolute atomic E-state index is 0.168. The summed E-state index contributed by atoms with van der Waals surface area (Å²) in [5.41, 5.74) is 4.03. The lowest BCUT2D eigenvalue weighted by atomic mass is 9.88. The van der Waals surface area contributed by atoms with Crippen LogP contribution in [0.1, 0.15) is 45.7 Å². The van der Waals surface area contributed by atoms with Gasteiger partial charge in [-0.3, -0.25) is 9.79 Å². The van der Waals surface area contributed by atoms with E-state index in [4.69, 9.17) is 11.6 Å². The average Bonchev–Trinajstić information content (AvgIpc) is 3.27. The van der Waals surface area contributed by atoms with E-state index in [0.717, 1.165) is 41.0 Å². The van der Waals surface area contributed by atoms with Gasteiger partial charge in [-0.05, 0) is 60.6 Å². The highest BCUT2D eigenvalue weighted by molar-refractivity contribution is 8.00. The number of carbonyl (C=O) groups excluding carboxylic acids is 1. The summed E-state index contributed by atoms with van der Waals surface area (Å²) in [6, 6.07) is 23.4. The quantitative estimate of drug-likeness (QED) is 0.142. The van der Waals surface area contributed by atoms with E-state index in [9.17, 15) is 10.1 Å². The van der Waals surface area contributed by atoms with Crippen LogP contribution < -0.4 is 5.32 Å². The number of fused-ring (bicyclic) bond motifs is 1. The molecule has 1 amide bonds. The van der Waals surface area contributed by atoms with Crippen LogP contribution in [-0.2, 0) is 17.6 Å². The van der Waals surface area contributed by atoms with E-state index in [-0.39, 0.29) is 5.91 Å². The standard InChI is InChI=1S/C30H25ClN4OS2/c1-19-13-14-22-23(17-32)30(38-26(22)16-19)35-29(36)27(20-8-3-2-4-9-20)37-25-12-6-5-11-24(25)34-18-21-10-7-15-33-28(21)31/h2-12,15,18-19,27H,13-14,16H2,1H3,(H,35,36)/t19-,27+/m0/s1. The Kier molecular flexibility index (Phi) is 8.23. The van der Waals surface area contributed by atoms with E-state index < -0.39 is 5.25 Å². The molecule has 190 valence electrons. The number of anilines is 1. The lowest BCUT2D eigenvalue weighted by molar-refractivity contribution is -0.115. The Bertz CT molecular complexity index is 1530. The van der Waals surface area contributed by atoms with Crippen molar-refractivity contribution < 1.29 is 4.79 Å². The Hall–Kier alpha value is -3.44. The molecule has 0 aliphatic heterocycles. The van der Waals surface area contributed by atoms with Crippen LogP contribution in [-0.4, -0.2) is 17.1 Å². The number of nitrogens with zero attached hydrogens (tertiary/aromatic N) is 3. The molecule has 4 aromatic rings. The Balaban J connectivity index is 1.45. The molecule has 1 aliphatic rings. The molecule has 0 saturated heterocycles. The molecule has 1 N–H and O–H groups in total. The summed E-state index contributed by atoms with van der Waals surface area (Å²) in [5.74, 6) is 0.418. The highest BCUT2D eigenvalue weighted by Gasteiger charge is 2.28. The number of nitriles is 1. The summed E-state index contributed by atoms with van der Waals surface area (Å²) in [7, 11) is 0. The number of rotatable bonds is 7. The first kappa shape index (κ1) is 26.2. The number of pyridine rings is 1. The highest BCUT2D eigenvalue weighted by Crippen LogP contribution is 2.43. The Morgan fingerprint density at radius 3 is 2.79 bits per heavy atom. The second kappa shape index (κ2) is 12.0. The fourth-order valence-corrected chi connectivity index (χ4v) is 7.10. The molecule has 0 saturated carbocycles. The van der Waals surface area contributed by atoms with Crippen LogP contribution in [0.4, 0.5) is 10.7 Å². The molecule has 5 rings (SSSR count). The first-order chi connectivity index (χ1) is 18.5. The third-order valence-electron chi connectivity index (χ3n) is 6.44. The number of carbonyl (C=O) groups is 1. The third kappa shape index (κ3) is 5.83. The molecule has 0 unspecified atom stereocenters. The minimum Gasteiger partial charge on any atom is -0.315 e. The van der Waals surface area contributed by atoms with Crippen molar-refractivity contribution in [2.45, 2.75) is 36.3 Å². The van der Waals surface area contributed by atoms with E-state index in [1.54, 1.807) is 23.7 Å². The third-order valence-corrected chi connectivity index (χ3v) is 9.25. The van der Waals surface area contributed by atoms with Crippen LogP contribution in [0.3, 0.4) is 0 Å². The Morgan fingerprint density at radius 2 is 2.00 bits per heavy atom. The van der Waals surface area contributed by atoms with Crippen molar-refractivity contribution in [2.24, 2.45) is 10.9 Å². The van der Waals surface area contributed by atoms with Gasteiger partial charge in [0.05, 0.1) is 11.3 Å². The number of benzene rings is 2.